The van der Waals surface area contributed by atoms with Crippen LogP contribution in [0.25, 0.3) is 116 Å². The van der Waals surface area contributed by atoms with E-state index < -0.39 is 0 Å². The minimum atomic E-state index is 0.441. The van der Waals surface area contributed by atoms with Crippen LogP contribution in [0.3, 0.4) is 0 Å². The number of nitrogens with zero attached hydrogens (tertiary/aromatic N) is 5. The van der Waals surface area contributed by atoms with Crippen LogP contribution in [-0.4, -0.2) is 13.7 Å². The number of nitriles is 2. The highest BCUT2D eigenvalue weighted by atomic mass is 15.0. The van der Waals surface area contributed by atoms with Crippen molar-refractivity contribution in [2.45, 2.75) is 0 Å². The van der Waals surface area contributed by atoms with Crippen LogP contribution in [0.15, 0.2) is 224 Å². The number of aromatic nitrogens is 3. The molecule has 3 heterocycles. The third kappa shape index (κ3) is 5.93. The van der Waals surface area contributed by atoms with Crippen molar-refractivity contribution in [2.24, 2.45) is 0 Å². The first kappa shape index (κ1) is 38.1. The predicted octanol–water partition coefficient (Wildman–Crippen LogP) is 15.7. The highest BCUT2D eigenvalue weighted by Gasteiger charge is 2.23. The number of fused-ring (bicyclic) bond motifs is 9. The molecule has 0 amide bonds. The molecule has 0 saturated heterocycles. The zero-order valence-electron chi connectivity index (χ0n) is 36.1. The van der Waals surface area contributed by atoms with E-state index in [0.717, 1.165) is 94.3 Å². The molecular weight excluding hydrogens is 815 g/mol. The van der Waals surface area contributed by atoms with Gasteiger partial charge in [-0.15, -0.1) is 0 Å². The van der Waals surface area contributed by atoms with Crippen molar-refractivity contribution in [1.29, 1.82) is 10.5 Å². The second-order valence-corrected chi connectivity index (χ2v) is 17.1. The van der Waals surface area contributed by atoms with Crippen molar-refractivity contribution < 1.29 is 0 Å². The maximum Gasteiger partial charge on any atom is 0.0992 e. The summed E-state index contributed by atoms with van der Waals surface area (Å²) in [6.07, 6.45) is 0. The molecule has 310 valence electrons. The fourth-order valence-electron chi connectivity index (χ4n) is 10.6. The molecule has 13 aromatic rings. The van der Waals surface area contributed by atoms with Crippen molar-refractivity contribution >= 4 is 65.4 Å². The maximum atomic E-state index is 10.2. The fraction of sp³-hybridized carbons (Fsp3) is 0. The zero-order valence-corrected chi connectivity index (χ0v) is 36.1. The Morgan fingerprint density at radius 3 is 1.00 bits per heavy atom. The van der Waals surface area contributed by atoms with Gasteiger partial charge in [0.2, 0.25) is 0 Å². The second-order valence-electron chi connectivity index (χ2n) is 17.1. The average Bonchev–Trinajstić information content (AvgIpc) is 4.04. The molecule has 67 heavy (non-hydrogen) atoms. The van der Waals surface area contributed by atoms with E-state index in [-0.39, 0.29) is 0 Å². The third-order valence-electron chi connectivity index (χ3n) is 13.4. The first-order chi connectivity index (χ1) is 33.1. The van der Waals surface area contributed by atoms with Gasteiger partial charge in [0.1, 0.15) is 0 Å². The van der Waals surface area contributed by atoms with E-state index >= 15 is 0 Å². The van der Waals surface area contributed by atoms with E-state index in [4.69, 9.17) is 0 Å². The Morgan fingerprint density at radius 2 is 0.612 bits per heavy atom. The molecule has 0 radical (unpaired) electrons. The van der Waals surface area contributed by atoms with Crippen LogP contribution in [-0.2, 0) is 0 Å². The zero-order chi connectivity index (χ0) is 44.6. The Labute approximate surface area is 386 Å². The summed E-state index contributed by atoms with van der Waals surface area (Å²) in [4.78, 5) is 0. The summed E-state index contributed by atoms with van der Waals surface area (Å²) in [5.41, 5.74) is 16.6. The van der Waals surface area contributed by atoms with Crippen LogP contribution in [0.4, 0.5) is 0 Å². The van der Waals surface area contributed by atoms with Crippen LogP contribution in [0, 0.1) is 22.7 Å². The highest BCUT2D eigenvalue weighted by molar-refractivity contribution is 6.14. The predicted molar refractivity (Wildman–Crippen MR) is 275 cm³/mol. The molecule has 0 aliphatic rings. The standard InChI is InChI=1S/C62H37N5/c63-38-40-31-41(39-64)33-44(32-40)62-52(42-15-3-1-4-16-42)36-47(37-53(62)43-17-5-2-6-18-43)67-60-29-27-45(65-56-23-11-7-19-48(56)49-20-8-12-24-57(49)65)34-54(60)55-35-46(28-30-61(55)67)66-58-25-13-9-21-50(58)51-22-10-14-26-59(51)66/h1-37H. The lowest BCUT2D eigenvalue weighted by Gasteiger charge is -2.20. The normalized spacial score (nSPS) is 11.6. The number of rotatable bonds is 6. The number of benzene rings is 10. The number of hydrogen-bond donors (Lipinski definition) is 0. The van der Waals surface area contributed by atoms with Crippen LogP contribution in [0.1, 0.15) is 11.1 Å². The first-order valence-corrected chi connectivity index (χ1v) is 22.5. The average molecular weight is 852 g/mol. The van der Waals surface area contributed by atoms with E-state index in [0.29, 0.717) is 11.1 Å². The molecule has 0 saturated carbocycles. The van der Waals surface area contributed by atoms with Crippen LogP contribution < -0.4 is 0 Å². The van der Waals surface area contributed by atoms with Crippen molar-refractivity contribution in [3.63, 3.8) is 0 Å². The summed E-state index contributed by atoms with van der Waals surface area (Å²) in [6.45, 7) is 0. The van der Waals surface area contributed by atoms with E-state index in [1.165, 1.54) is 21.5 Å². The molecule has 0 N–H and O–H groups in total. The van der Waals surface area contributed by atoms with Gasteiger partial charge in [-0.3, -0.25) is 0 Å². The Balaban J connectivity index is 1.15. The summed E-state index contributed by atoms with van der Waals surface area (Å²) in [6, 6.07) is 84.0. The summed E-state index contributed by atoms with van der Waals surface area (Å²) in [5, 5.41) is 27.5. The van der Waals surface area contributed by atoms with Gasteiger partial charge in [0.25, 0.3) is 0 Å². The summed E-state index contributed by atoms with van der Waals surface area (Å²) >= 11 is 0. The molecule has 0 aliphatic carbocycles. The summed E-state index contributed by atoms with van der Waals surface area (Å²) in [7, 11) is 0. The van der Waals surface area contributed by atoms with Crippen molar-refractivity contribution in [1.82, 2.24) is 13.7 Å². The van der Waals surface area contributed by atoms with Gasteiger partial charge < -0.3 is 13.7 Å². The molecular formula is C62H37N5. The lowest BCUT2D eigenvalue weighted by molar-refractivity contribution is 1.16. The fourth-order valence-corrected chi connectivity index (χ4v) is 10.6. The largest absolute Gasteiger partial charge is 0.309 e. The lowest BCUT2D eigenvalue weighted by atomic mass is 9.86. The van der Waals surface area contributed by atoms with Gasteiger partial charge in [0.15, 0.2) is 0 Å². The van der Waals surface area contributed by atoms with Crippen molar-refractivity contribution in [3.05, 3.63) is 236 Å². The van der Waals surface area contributed by atoms with Gasteiger partial charge >= 0.3 is 0 Å². The molecule has 0 fully saturated rings. The van der Waals surface area contributed by atoms with Gasteiger partial charge in [-0.2, -0.15) is 10.5 Å². The topological polar surface area (TPSA) is 62.4 Å². The molecule has 10 aromatic carbocycles. The molecule has 0 unspecified atom stereocenters. The van der Waals surface area contributed by atoms with Crippen LogP contribution in [0.5, 0.6) is 0 Å². The third-order valence-corrected chi connectivity index (χ3v) is 13.4. The van der Waals surface area contributed by atoms with Crippen LogP contribution in [0.2, 0.25) is 0 Å². The molecule has 0 bridgehead atoms. The lowest BCUT2D eigenvalue weighted by Crippen LogP contribution is -2.00. The summed E-state index contributed by atoms with van der Waals surface area (Å²) < 4.78 is 7.19. The number of hydrogen-bond acceptors (Lipinski definition) is 2. The Kier molecular flexibility index (Phi) is 8.58. The molecule has 0 aliphatic heterocycles. The second kappa shape index (κ2) is 15.1. The van der Waals surface area contributed by atoms with Crippen molar-refractivity contribution in [3.8, 4) is 62.6 Å². The Morgan fingerprint density at radius 1 is 0.269 bits per heavy atom. The minimum absolute atomic E-state index is 0.441. The van der Waals surface area contributed by atoms with Crippen LogP contribution >= 0.6 is 0 Å². The minimum Gasteiger partial charge on any atom is -0.309 e. The maximum absolute atomic E-state index is 10.2. The van der Waals surface area contributed by atoms with Gasteiger partial charge in [-0.1, -0.05) is 133 Å². The van der Waals surface area contributed by atoms with E-state index in [9.17, 15) is 10.5 Å². The molecule has 13 rings (SSSR count). The Bertz CT molecular complexity index is 3860. The SMILES string of the molecule is N#Cc1cc(C#N)cc(-c2c(-c3ccccc3)cc(-n3c4ccc(-n5c6ccccc6c6ccccc65)cc4c4cc(-n5c6ccccc6c6ccccc65)ccc43)cc2-c2ccccc2)c1. The monoisotopic (exact) mass is 851 g/mol. The molecule has 3 aromatic heterocycles. The van der Waals surface area contributed by atoms with Crippen molar-refractivity contribution in [2.75, 3.05) is 0 Å². The van der Waals surface area contributed by atoms with Gasteiger partial charge in [0, 0.05) is 49.4 Å². The van der Waals surface area contributed by atoms with Gasteiger partial charge in [-0.05, 0) is 124 Å². The van der Waals surface area contributed by atoms with Gasteiger partial charge in [-0.25, -0.2) is 0 Å². The summed E-state index contributed by atoms with van der Waals surface area (Å²) in [5.74, 6) is 0. The number of para-hydroxylation sites is 4. The quantitative estimate of drug-likeness (QED) is 0.167. The smallest absolute Gasteiger partial charge is 0.0992 e. The Hall–Kier alpha value is -9.42. The molecule has 5 heteroatoms. The first-order valence-electron chi connectivity index (χ1n) is 22.5. The molecule has 0 spiro atoms. The van der Waals surface area contributed by atoms with E-state index in [1.807, 2.05) is 24.3 Å². The molecule has 0 atom stereocenters. The van der Waals surface area contributed by atoms with E-state index in [2.05, 4.69) is 220 Å². The highest BCUT2D eigenvalue weighted by Crippen LogP contribution is 2.45. The molecule has 5 nitrogen and oxygen atoms in total. The van der Waals surface area contributed by atoms with Gasteiger partial charge in [0.05, 0.1) is 56.4 Å². The van der Waals surface area contributed by atoms with E-state index in [1.54, 1.807) is 6.07 Å².